The van der Waals surface area contributed by atoms with Crippen LogP contribution in [0.2, 0.25) is 0 Å². The third-order valence-corrected chi connectivity index (χ3v) is 3.47. The van der Waals surface area contributed by atoms with Crippen LogP contribution in [0.25, 0.3) is 0 Å². The summed E-state index contributed by atoms with van der Waals surface area (Å²) in [5, 5.41) is 38.1. The van der Waals surface area contributed by atoms with Gasteiger partial charge in [0.1, 0.15) is 29.7 Å². The molecule has 0 radical (unpaired) electrons. The van der Waals surface area contributed by atoms with E-state index in [1.807, 2.05) is 0 Å². The summed E-state index contributed by atoms with van der Waals surface area (Å²) >= 11 is 11.3. The van der Waals surface area contributed by atoms with Gasteiger partial charge in [-0.3, -0.25) is 0 Å². The first-order chi connectivity index (χ1) is 10.3. The van der Waals surface area contributed by atoms with Gasteiger partial charge in [-0.05, 0) is 12.1 Å². The first-order valence-corrected chi connectivity index (χ1v) is 6.80. The lowest BCUT2D eigenvalue weighted by molar-refractivity contribution is -0.271. The highest BCUT2D eigenvalue weighted by molar-refractivity contribution is 6.49. The van der Waals surface area contributed by atoms with Gasteiger partial charge in [0.15, 0.2) is 6.10 Å². The quantitative estimate of drug-likeness (QED) is 0.561. The monoisotopic (exact) mass is 353 g/mol. The summed E-state index contributed by atoms with van der Waals surface area (Å²) in [5.74, 6) is -1.42. The molecule has 8 nitrogen and oxygen atoms in total. The van der Waals surface area contributed by atoms with Gasteiger partial charge in [0.05, 0.1) is 0 Å². The molecule has 5 atom stereocenters. The fraction of sp³-hybridized carbons (Fsp3) is 0.417. The smallest absolute Gasteiger partial charge is 0.335 e. The Hall–Kier alpha value is -1.29. The van der Waals surface area contributed by atoms with Crippen LogP contribution in [0.3, 0.4) is 0 Å². The molecule has 0 aromatic heterocycles. The van der Waals surface area contributed by atoms with Crippen molar-refractivity contribution in [3.63, 3.8) is 0 Å². The lowest BCUT2D eigenvalue weighted by Crippen LogP contribution is -2.61. The number of ether oxygens (including phenoxy) is 2. The van der Waals surface area contributed by atoms with Gasteiger partial charge in [0.25, 0.3) is 0 Å². The SMILES string of the molecule is O=C(O)[C@H]1O[C@@H](Oc2ccccc2N(Cl)Cl)[C@H](O)[C@@H](O)[C@@H]1O. The Morgan fingerprint density at radius 3 is 2.36 bits per heavy atom. The van der Waals surface area contributed by atoms with E-state index in [0.29, 0.717) is 3.94 Å². The van der Waals surface area contributed by atoms with Gasteiger partial charge in [-0.1, -0.05) is 12.1 Å². The van der Waals surface area contributed by atoms with E-state index < -0.39 is 36.7 Å². The molecule has 1 aliphatic heterocycles. The van der Waals surface area contributed by atoms with Crippen molar-refractivity contribution in [2.75, 3.05) is 3.94 Å². The zero-order valence-electron chi connectivity index (χ0n) is 10.9. The molecule has 1 fully saturated rings. The molecule has 0 amide bonds. The normalized spacial score (nSPS) is 31.6. The zero-order valence-corrected chi connectivity index (χ0v) is 12.4. The number of aliphatic hydroxyl groups excluding tert-OH is 3. The van der Waals surface area contributed by atoms with Crippen LogP contribution in [0.15, 0.2) is 24.3 Å². The minimum Gasteiger partial charge on any atom is -0.479 e. The van der Waals surface area contributed by atoms with Crippen molar-refractivity contribution >= 4 is 35.2 Å². The molecule has 0 unspecified atom stereocenters. The molecule has 2 rings (SSSR count). The van der Waals surface area contributed by atoms with Crippen molar-refractivity contribution in [1.82, 2.24) is 0 Å². The van der Waals surface area contributed by atoms with E-state index in [0.717, 1.165) is 0 Å². The molecule has 0 bridgehead atoms. The van der Waals surface area contributed by atoms with E-state index in [2.05, 4.69) is 0 Å². The first kappa shape index (κ1) is 17.1. The lowest BCUT2D eigenvalue weighted by atomic mass is 9.99. The number of hydrogen-bond donors (Lipinski definition) is 4. The van der Waals surface area contributed by atoms with Crippen LogP contribution >= 0.6 is 23.6 Å². The van der Waals surface area contributed by atoms with E-state index >= 15 is 0 Å². The van der Waals surface area contributed by atoms with Crippen molar-refractivity contribution in [2.24, 2.45) is 0 Å². The molecule has 0 saturated carbocycles. The third kappa shape index (κ3) is 3.37. The van der Waals surface area contributed by atoms with E-state index in [4.69, 9.17) is 38.1 Å². The van der Waals surface area contributed by atoms with Crippen LogP contribution < -0.4 is 8.67 Å². The second-order valence-electron chi connectivity index (χ2n) is 4.55. The molecular weight excluding hydrogens is 341 g/mol. The Kier molecular flexibility index (Phi) is 5.32. The predicted molar refractivity (Wildman–Crippen MR) is 75.6 cm³/mol. The maximum atomic E-state index is 11.0. The summed E-state index contributed by atoms with van der Waals surface area (Å²) in [6, 6.07) is 6.17. The van der Waals surface area contributed by atoms with Crippen LogP contribution in [-0.4, -0.2) is 57.1 Å². The van der Waals surface area contributed by atoms with Gasteiger partial charge >= 0.3 is 5.97 Å². The Labute approximate surface area is 135 Å². The van der Waals surface area contributed by atoms with Crippen molar-refractivity contribution in [3.05, 3.63) is 24.3 Å². The molecule has 0 spiro atoms. The van der Waals surface area contributed by atoms with Gasteiger partial charge in [0, 0.05) is 23.6 Å². The summed E-state index contributed by atoms with van der Waals surface area (Å²) in [6.07, 6.45) is -8.50. The molecule has 1 saturated heterocycles. The van der Waals surface area contributed by atoms with Crippen molar-refractivity contribution < 1.29 is 34.7 Å². The molecule has 4 N–H and O–H groups in total. The maximum absolute atomic E-state index is 11.0. The number of rotatable bonds is 4. The van der Waals surface area contributed by atoms with Gasteiger partial charge < -0.3 is 29.9 Å². The van der Waals surface area contributed by atoms with E-state index in [-0.39, 0.29) is 11.4 Å². The summed E-state index contributed by atoms with van der Waals surface area (Å²) < 4.78 is 11.0. The zero-order chi connectivity index (χ0) is 16.4. The Balaban J connectivity index is 2.23. The summed E-state index contributed by atoms with van der Waals surface area (Å²) in [4.78, 5) is 11.0. The fourth-order valence-corrected chi connectivity index (χ4v) is 2.25. The minimum atomic E-state index is -1.79. The number of aliphatic carboxylic acids is 1. The third-order valence-electron chi connectivity index (χ3n) is 3.10. The second kappa shape index (κ2) is 6.86. The van der Waals surface area contributed by atoms with Crippen molar-refractivity contribution in [2.45, 2.75) is 30.7 Å². The molecule has 10 heteroatoms. The molecule has 1 aliphatic rings. The van der Waals surface area contributed by atoms with Crippen LogP contribution in [0, 0.1) is 0 Å². The predicted octanol–water partition coefficient (Wildman–Crippen LogP) is 0.0716. The standard InChI is InChI=1S/C12H13Cl2NO7/c13-15(14)5-3-1-2-4-6(5)21-12-9(18)7(16)8(17)10(22-12)11(19)20/h1-4,7-10,12,16-18H,(H,19,20)/t7-,8-,9+,10-,12+/m0/s1. The molecule has 122 valence electrons. The second-order valence-corrected chi connectivity index (χ2v) is 5.40. The molecule has 22 heavy (non-hydrogen) atoms. The Morgan fingerprint density at radius 2 is 1.77 bits per heavy atom. The number of carbonyl (C=O) groups is 1. The van der Waals surface area contributed by atoms with Crippen LogP contribution in [0.4, 0.5) is 5.69 Å². The molecule has 1 heterocycles. The molecule has 0 aliphatic carbocycles. The Morgan fingerprint density at radius 1 is 1.14 bits per heavy atom. The number of aliphatic hydroxyl groups is 3. The average molecular weight is 354 g/mol. The Bertz CT molecular complexity index is 544. The van der Waals surface area contributed by atoms with Crippen LogP contribution in [-0.2, 0) is 9.53 Å². The number of carboxylic acids is 1. The highest BCUT2D eigenvalue weighted by atomic mass is 35.5. The number of halogens is 2. The number of nitrogens with zero attached hydrogens (tertiary/aromatic N) is 1. The molecule has 1 aromatic rings. The van der Waals surface area contributed by atoms with E-state index in [1.54, 1.807) is 12.1 Å². The van der Waals surface area contributed by atoms with Crippen molar-refractivity contribution in [1.29, 1.82) is 0 Å². The lowest BCUT2D eigenvalue weighted by Gasteiger charge is -2.38. The summed E-state index contributed by atoms with van der Waals surface area (Å²) in [5.41, 5.74) is 0.217. The number of para-hydroxylation sites is 2. The van der Waals surface area contributed by atoms with Gasteiger partial charge in [0.2, 0.25) is 6.29 Å². The van der Waals surface area contributed by atoms with Crippen molar-refractivity contribution in [3.8, 4) is 5.75 Å². The maximum Gasteiger partial charge on any atom is 0.335 e. The molecular formula is C12H13Cl2NO7. The van der Waals surface area contributed by atoms with Gasteiger partial charge in [-0.15, -0.1) is 0 Å². The summed E-state index contributed by atoms with van der Waals surface area (Å²) in [6.45, 7) is 0. The highest BCUT2D eigenvalue weighted by Gasteiger charge is 2.48. The number of anilines is 1. The highest BCUT2D eigenvalue weighted by Crippen LogP contribution is 2.33. The first-order valence-electron chi connectivity index (χ1n) is 6.12. The fourth-order valence-electron chi connectivity index (χ4n) is 1.97. The van der Waals surface area contributed by atoms with Crippen LogP contribution in [0.5, 0.6) is 5.75 Å². The van der Waals surface area contributed by atoms with Crippen LogP contribution in [0.1, 0.15) is 0 Å². The average Bonchev–Trinajstić information content (AvgIpc) is 2.47. The largest absolute Gasteiger partial charge is 0.479 e. The van der Waals surface area contributed by atoms with E-state index in [9.17, 15) is 20.1 Å². The summed E-state index contributed by atoms with van der Waals surface area (Å²) in [7, 11) is 0. The number of carboxylic acid groups (broad SMARTS) is 1. The van der Waals surface area contributed by atoms with E-state index in [1.165, 1.54) is 12.1 Å². The minimum absolute atomic E-state index is 0.0873. The molecule has 1 aromatic carbocycles. The topological polar surface area (TPSA) is 120 Å². The number of hydrogen-bond acceptors (Lipinski definition) is 7. The van der Waals surface area contributed by atoms with Gasteiger partial charge in [-0.2, -0.15) is 3.94 Å². The number of benzene rings is 1. The van der Waals surface area contributed by atoms with Gasteiger partial charge in [-0.25, -0.2) is 4.79 Å².